The largest absolute Gasteiger partial charge is 0.483 e. The molecule has 2 aromatic rings. The van der Waals surface area contributed by atoms with Crippen molar-refractivity contribution in [1.29, 1.82) is 0 Å². The van der Waals surface area contributed by atoms with Crippen molar-refractivity contribution in [2.45, 2.75) is 44.8 Å². The number of aryl methyl sites for hydroxylation is 1. The molecule has 0 spiro atoms. The van der Waals surface area contributed by atoms with Gasteiger partial charge in [0.1, 0.15) is 11.4 Å². The zero-order chi connectivity index (χ0) is 23.0. The Morgan fingerprint density at radius 2 is 2.00 bits per heavy atom. The minimum atomic E-state index is -3.34. The van der Waals surface area contributed by atoms with E-state index in [1.54, 1.807) is 51.0 Å². The summed E-state index contributed by atoms with van der Waals surface area (Å²) in [5, 5.41) is 0. The first-order valence-corrected chi connectivity index (χ1v) is 9.80. The topological polar surface area (TPSA) is 99.7 Å². The van der Waals surface area contributed by atoms with Crippen LogP contribution in [0.1, 0.15) is 37.6 Å². The number of hydrogen-bond donors (Lipinski definition) is 1. The summed E-state index contributed by atoms with van der Waals surface area (Å²) in [6.45, 7) is 4.19. The molecule has 1 aliphatic rings. The number of alkyl halides is 2. The number of ether oxygens (including phenoxy) is 2. The van der Waals surface area contributed by atoms with Gasteiger partial charge in [-0.2, -0.15) is 0 Å². The Balaban J connectivity index is 1.77. The minimum absolute atomic E-state index is 0.0199. The first kappa shape index (κ1) is 22.5. The maximum Gasteiger partial charge on any atom is 0.410 e. The molecule has 8 nitrogen and oxygen atoms in total. The van der Waals surface area contributed by atoms with Gasteiger partial charge in [0, 0.05) is 31.8 Å². The molecule has 0 radical (unpaired) electrons. The number of nitrogens with two attached hydrogens (primary N) is 1. The van der Waals surface area contributed by atoms with Crippen LogP contribution in [0, 0.1) is 0 Å². The SMILES string of the molecule is Cn1cnc(-c2ccc(OC3CCN(C(=O)OC(C)(C)C)CC3(F)F)c(C(N)=O)c2)c1. The molecule has 1 atom stereocenters. The monoisotopic (exact) mass is 436 g/mol. The van der Waals surface area contributed by atoms with E-state index in [2.05, 4.69) is 4.98 Å². The third kappa shape index (κ3) is 5.31. The van der Waals surface area contributed by atoms with Gasteiger partial charge in [0.2, 0.25) is 0 Å². The highest BCUT2D eigenvalue weighted by atomic mass is 19.3. The Kier molecular flexibility index (Phi) is 5.93. The average molecular weight is 436 g/mol. The van der Waals surface area contributed by atoms with Crippen molar-refractivity contribution in [3.8, 4) is 17.0 Å². The van der Waals surface area contributed by atoms with E-state index in [4.69, 9.17) is 15.2 Å². The van der Waals surface area contributed by atoms with Crippen LogP contribution < -0.4 is 10.5 Å². The fraction of sp³-hybridized carbons (Fsp3) is 0.476. The Labute approximate surface area is 178 Å². The van der Waals surface area contributed by atoms with Gasteiger partial charge < -0.3 is 24.7 Å². The van der Waals surface area contributed by atoms with Gasteiger partial charge in [-0.25, -0.2) is 18.6 Å². The molecule has 1 saturated heterocycles. The quantitative estimate of drug-likeness (QED) is 0.793. The number of primary amides is 1. The summed E-state index contributed by atoms with van der Waals surface area (Å²) in [6, 6.07) is 4.52. The van der Waals surface area contributed by atoms with E-state index in [0.29, 0.717) is 11.3 Å². The first-order valence-electron chi connectivity index (χ1n) is 9.80. The van der Waals surface area contributed by atoms with Gasteiger partial charge in [0.15, 0.2) is 6.10 Å². The fourth-order valence-electron chi connectivity index (χ4n) is 3.25. The lowest BCUT2D eigenvalue weighted by Crippen LogP contribution is -2.56. The zero-order valence-corrected chi connectivity index (χ0v) is 17.9. The number of carbonyl (C=O) groups is 2. The van der Waals surface area contributed by atoms with Crippen LogP contribution >= 0.6 is 0 Å². The molecule has 10 heteroatoms. The molecule has 0 aliphatic carbocycles. The van der Waals surface area contributed by atoms with Crippen molar-refractivity contribution >= 4 is 12.0 Å². The molecule has 2 amide bonds. The van der Waals surface area contributed by atoms with Crippen molar-refractivity contribution in [2.75, 3.05) is 13.1 Å². The highest BCUT2D eigenvalue weighted by molar-refractivity contribution is 5.97. The summed E-state index contributed by atoms with van der Waals surface area (Å²) in [5.41, 5.74) is 5.86. The third-order valence-corrected chi connectivity index (χ3v) is 4.70. The number of carbonyl (C=O) groups excluding carboxylic acids is 2. The molecule has 2 heterocycles. The van der Waals surface area contributed by atoms with Crippen LogP contribution in [0.15, 0.2) is 30.7 Å². The lowest BCUT2D eigenvalue weighted by molar-refractivity contribution is -0.137. The number of rotatable bonds is 4. The van der Waals surface area contributed by atoms with E-state index in [9.17, 15) is 18.4 Å². The van der Waals surface area contributed by atoms with E-state index < -0.39 is 36.2 Å². The number of imidazole rings is 1. The third-order valence-electron chi connectivity index (χ3n) is 4.70. The fourth-order valence-corrected chi connectivity index (χ4v) is 3.25. The molecule has 3 rings (SSSR count). The number of piperidine rings is 1. The molecule has 1 unspecified atom stereocenters. The van der Waals surface area contributed by atoms with Gasteiger partial charge >= 0.3 is 12.0 Å². The molecule has 1 fully saturated rings. The second kappa shape index (κ2) is 8.16. The second-order valence-electron chi connectivity index (χ2n) is 8.56. The molecule has 31 heavy (non-hydrogen) atoms. The van der Waals surface area contributed by atoms with Crippen molar-refractivity contribution in [1.82, 2.24) is 14.5 Å². The number of benzene rings is 1. The van der Waals surface area contributed by atoms with Crippen LogP contribution in [-0.4, -0.2) is 57.2 Å². The number of hydrogen-bond acceptors (Lipinski definition) is 5. The summed E-state index contributed by atoms with van der Waals surface area (Å²) < 4.78 is 42.0. The van der Waals surface area contributed by atoms with E-state index in [-0.39, 0.29) is 24.3 Å². The van der Waals surface area contributed by atoms with Gasteiger partial charge in [-0.05, 0) is 39.0 Å². The van der Waals surface area contributed by atoms with Crippen molar-refractivity contribution in [3.63, 3.8) is 0 Å². The van der Waals surface area contributed by atoms with Crippen molar-refractivity contribution in [2.24, 2.45) is 12.8 Å². The van der Waals surface area contributed by atoms with Crippen LogP contribution in [0.5, 0.6) is 5.75 Å². The number of aromatic nitrogens is 2. The Bertz CT molecular complexity index is 984. The van der Waals surface area contributed by atoms with Crippen molar-refractivity contribution in [3.05, 3.63) is 36.3 Å². The standard InChI is InChI=1S/C21H26F2N4O4/c1-20(2,3)31-19(29)27-8-7-17(21(22,23)11-27)30-16-6-5-13(9-14(16)18(24)28)15-10-26(4)12-25-15/h5-6,9-10,12,17H,7-8,11H2,1-4H3,(H2,24,28). The van der Waals surface area contributed by atoms with Crippen LogP contribution in [0.2, 0.25) is 0 Å². The highest BCUT2D eigenvalue weighted by Crippen LogP contribution is 2.34. The van der Waals surface area contributed by atoms with E-state index >= 15 is 0 Å². The second-order valence-corrected chi connectivity index (χ2v) is 8.56. The summed E-state index contributed by atoms with van der Waals surface area (Å²) in [7, 11) is 1.80. The Hall–Kier alpha value is -3.17. The predicted octanol–water partition coefficient (Wildman–Crippen LogP) is 3.21. The lowest BCUT2D eigenvalue weighted by atomic mass is 10.0. The molecule has 2 N–H and O–H groups in total. The number of nitrogens with zero attached hydrogens (tertiary/aromatic N) is 3. The molecule has 1 aromatic carbocycles. The maximum absolute atomic E-state index is 14.8. The smallest absolute Gasteiger partial charge is 0.410 e. The van der Waals surface area contributed by atoms with Gasteiger partial charge in [0.05, 0.1) is 24.1 Å². The highest BCUT2D eigenvalue weighted by Gasteiger charge is 2.48. The average Bonchev–Trinajstić information content (AvgIpc) is 3.08. The molecule has 1 aromatic heterocycles. The Morgan fingerprint density at radius 1 is 1.29 bits per heavy atom. The van der Waals surface area contributed by atoms with Crippen LogP contribution in [0.3, 0.4) is 0 Å². The molecule has 0 bridgehead atoms. The summed E-state index contributed by atoms with van der Waals surface area (Å²) in [6.07, 6.45) is 0.893. The number of amides is 2. The van der Waals surface area contributed by atoms with Crippen LogP contribution in [-0.2, 0) is 11.8 Å². The van der Waals surface area contributed by atoms with Gasteiger partial charge in [-0.15, -0.1) is 0 Å². The minimum Gasteiger partial charge on any atom is -0.483 e. The van der Waals surface area contributed by atoms with Crippen LogP contribution in [0.25, 0.3) is 11.3 Å². The summed E-state index contributed by atoms with van der Waals surface area (Å²) >= 11 is 0. The van der Waals surface area contributed by atoms with Gasteiger partial charge in [0.25, 0.3) is 5.91 Å². The normalized spacial score (nSPS) is 18.5. The number of halogens is 2. The molecule has 168 valence electrons. The summed E-state index contributed by atoms with van der Waals surface area (Å²) in [5.74, 6) is -4.19. The lowest BCUT2D eigenvalue weighted by Gasteiger charge is -2.38. The van der Waals surface area contributed by atoms with Crippen LogP contribution in [0.4, 0.5) is 13.6 Å². The molecule has 0 saturated carbocycles. The van der Waals surface area contributed by atoms with E-state index in [0.717, 1.165) is 4.90 Å². The number of likely N-dealkylation sites (tertiary alicyclic amines) is 1. The van der Waals surface area contributed by atoms with Gasteiger partial charge in [-0.3, -0.25) is 4.79 Å². The maximum atomic E-state index is 14.8. The van der Waals surface area contributed by atoms with E-state index in [1.165, 1.54) is 12.1 Å². The molecule has 1 aliphatic heterocycles. The molecular weight excluding hydrogens is 410 g/mol. The van der Waals surface area contributed by atoms with E-state index in [1.807, 2.05) is 0 Å². The first-order chi connectivity index (χ1) is 14.4. The Morgan fingerprint density at radius 3 is 2.55 bits per heavy atom. The van der Waals surface area contributed by atoms with Crippen molar-refractivity contribution < 1.29 is 27.8 Å². The predicted molar refractivity (Wildman–Crippen MR) is 109 cm³/mol. The summed E-state index contributed by atoms with van der Waals surface area (Å²) in [4.78, 5) is 29.3. The van der Waals surface area contributed by atoms with Gasteiger partial charge in [-0.1, -0.05) is 0 Å². The molecular formula is C21H26F2N4O4. The zero-order valence-electron chi connectivity index (χ0n) is 17.9.